The Hall–Kier alpha value is -1.85. The highest BCUT2D eigenvalue weighted by Gasteiger charge is 2.26. The third-order valence-electron chi connectivity index (χ3n) is 5.76. The van der Waals surface area contributed by atoms with E-state index in [-0.39, 0.29) is 0 Å². The van der Waals surface area contributed by atoms with Gasteiger partial charge in [-0.3, -0.25) is 9.62 Å². The first-order valence-corrected chi connectivity index (χ1v) is 12.3. The molecular formula is C24H34N2O2S. The van der Waals surface area contributed by atoms with Crippen LogP contribution >= 0.6 is 0 Å². The van der Waals surface area contributed by atoms with E-state index in [1.54, 1.807) is 12.1 Å². The van der Waals surface area contributed by atoms with E-state index < -0.39 is 10.0 Å². The molecule has 158 valence electrons. The number of fused-ring (bicyclic) bond motifs is 1. The number of benzene rings is 2. The molecule has 2 aromatic carbocycles. The van der Waals surface area contributed by atoms with Gasteiger partial charge in [0.2, 0.25) is 0 Å². The summed E-state index contributed by atoms with van der Waals surface area (Å²) in [6, 6.07) is 13.7. The molecule has 5 heteroatoms. The lowest BCUT2D eigenvalue weighted by molar-refractivity contribution is 0.202. The zero-order chi connectivity index (χ0) is 21.0. The SMILES string of the molecule is CCCN(CCC)[C@@H]1Cc2ccc(NS(=O)(=O)c3ccc(C(C)C)cc3)cc2C1. The van der Waals surface area contributed by atoms with E-state index in [1.807, 2.05) is 24.3 Å². The summed E-state index contributed by atoms with van der Waals surface area (Å²) in [5, 5.41) is 0. The van der Waals surface area contributed by atoms with Gasteiger partial charge in [0.25, 0.3) is 10.0 Å². The molecule has 0 unspecified atom stereocenters. The maximum Gasteiger partial charge on any atom is 0.261 e. The van der Waals surface area contributed by atoms with Crippen molar-refractivity contribution < 1.29 is 8.42 Å². The minimum absolute atomic E-state index is 0.303. The van der Waals surface area contributed by atoms with Crippen LogP contribution in [0.4, 0.5) is 5.69 Å². The molecule has 1 aliphatic carbocycles. The third-order valence-corrected chi connectivity index (χ3v) is 7.16. The summed E-state index contributed by atoms with van der Waals surface area (Å²) in [5.41, 5.74) is 4.39. The molecule has 0 saturated carbocycles. The fourth-order valence-electron chi connectivity index (χ4n) is 4.21. The van der Waals surface area contributed by atoms with E-state index in [4.69, 9.17) is 0 Å². The van der Waals surface area contributed by atoms with Gasteiger partial charge in [-0.05, 0) is 85.6 Å². The normalized spacial score (nSPS) is 16.4. The monoisotopic (exact) mass is 414 g/mol. The van der Waals surface area contributed by atoms with Crippen LogP contribution in [0.1, 0.15) is 63.1 Å². The third kappa shape index (κ3) is 5.20. The molecular weight excluding hydrogens is 380 g/mol. The predicted molar refractivity (Wildman–Crippen MR) is 121 cm³/mol. The fraction of sp³-hybridized carbons (Fsp3) is 0.500. The maximum absolute atomic E-state index is 12.8. The Labute approximate surface area is 176 Å². The van der Waals surface area contributed by atoms with Crippen molar-refractivity contribution in [2.24, 2.45) is 0 Å². The van der Waals surface area contributed by atoms with Gasteiger partial charge in [-0.1, -0.05) is 45.9 Å². The molecule has 0 aliphatic heterocycles. The first-order valence-electron chi connectivity index (χ1n) is 10.8. The quantitative estimate of drug-likeness (QED) is 0.613. The van der Waals surface area contributed by atoms with Crippen molar-refractivity contribution in [1.82, 2.24) is 4.90 Å². The van der Waals surface area contributed by atoms with Crippen LogP contribution < -0.4 is 4.72 Å². The number of hydrogen-bond donors (Lipinski definition) is 1. The number of nitrogens with one attached hydrogen (secondary N) is 1. The molecule has 0 radical (unpaired) electrons. The molecule has 4 nitrogen and oxygen atoms in total. The van der Waals surface area contributed by atoms with Crippen LogP contribution in [0.2, 0.25) is 0 Å². The van der Waals surface area contributed by atoms with E-state index in [0.717, 1.165) is 44.3 Å². The Morgan fingerprint density at radius 3 is 2.17 bits per heavy atom. The van der Waals surface area contributed by atoms with Crippen LogP contribution in [0.5, 0.6) is 0 Å². The van der Waals surface area contributed by atoms with E-state index in [2.05, 4.69) is 43.4 Å². The number of sulfonamides is 1. The standard InChI is InChI=1S/C24H34N2O2S/c1-5-13-26(14-6-2)23-16-20-7-10-22(15-21(20)17-23)25-29(27,28)24-11-8-19(9-12-24)18(3)4/h7-12,15,18,23,25H,5-6,13-14,16-17H2,1-4H3/t23-/m1/s1. The summed E-state index contributed by atoms with van der Waals surface area (Å²) >= 11 is 0. The summed E-state index contributed by atoms with van der Waals surface area (Å²) in [6.07, 6.45) is 4.37. The zero-order valence-corrected chi connectivity index (χ0v) is 18.9. The van der Waals surface area contributed by atoms with Gasteiger partial charge in [0, 0.05) is 11.7 Å². The van der Waals surface area contributed by atoms with Crippen LogP contribution in [-0.2, 0) is 22.9 Å². The molecule has 0 bridgehead atoms. The average molecular weight is 415 g/mol. The highest BCUT2D eigenvalue weighted by Crippen LogP contribution is 2.29. The van der Waals surface area contributed by atoms with Crippen molar-refractivity contribution in [2.75, 3.05) is 17.8 Å². The lowest BCUT2D eigenvalue weighted by atomic mass is 10.0. The molecule has 1 aliphatic rings. The predicted octanol–water partition coefficient (Wildman–Crippen LogP) is 5.20. The summed E-state index contributed by atoms with van der Waals surface area (Å²) in [4.78, 5) is 2.89. The van der Waals surface area contributed by atoms with Gasteiger partial charge in [-0.15, -0.1) is 0 Å². The second-order valence-corrected chi connectivity index (χ2v) is 10.1. The Morgan fingerprint density at radius 1 is 0.966 bits per heavy atom. The highest BCUT2D eigenvalue weighted by molar-refractivity contribution is 7.92. The number of hydrogen-bond acceptors (Lipinski definition) is 3. The zero-order valence-electron chi connectivity index (χ0n) is 18.1. The molecule has 0 amide bonds. The molecule has 29 heavy (non-hydrogen) atoms. The molecule has 0 aromatic heterocycles. The number of rotatable bonds is 9. The fourth-order valence-corrected chi connectivity index (χ4v) is 5.26. The Bertz CT molecular complexity index is 914. The summed E-state index contributed by atoms with van der Waals surface area (Å²) in [7, 11) is -3.58. The molecule has 0 heterocycles. The molecule has 3 rings (SSSR count). The van der Waals surface area contributed by atoms with Gasteiger partial charge in [-0.25, -0.2) is 8.42 Å². The van der Waals surface area contributed by atoms with Crippen molar-refractivity contribution in [3.8, 4) is 0 Å². The minimum Gasteiger partial charge on any atom is -0.300 e. The minimum atomic E-state index is -3.58. The van der Waals surface area contributed by atoms with Crippen LogP contribution in [0.25, 0.3) is 0 Å². The van der Waals surface area contributed by atoms with E-state index in [9.17, 15) is 8.42 Å². The van der Waals surface area contributed by atoms with Crippen molar-refractivity contribution in [1.29, 1.82) is 0 Å². The lowest BCUT2D eigenvalue weighted by Gasteiger charge is -2.27. The van der Waals surface area contributed by atoms with Gasteiger partial charge in [0.15, 0.2) is 0 Å². The van der Waals surface area contributed by atoms with Crippen LogP contribution in [0.15, 0.2) is 47.4 Å². The van der Waals surface area contributed by atoms with Crippen LogP contribution in [-0.4, -0.2) is 32.4 Å². The van der Waals surface area contributed by atoms with Gasteiger partial charge in [0.05, 0.1) is 4.90 Å². The van der Waals surface area contributed by atoms with E-state index in [1.165, 1.54) is 11.1 Å². The van der Waals surface area contributed by atoms with Gasteiger partial charge in [-0.2, -0.15) is 0 Å². The summed E-state index contributed by atoms with van der Waals surface area (Å²) in [5.74, 6) is 0.379. The first-order chi connectivity index (χ1) is 13.8. The number of nitrogens with zero attached hydrogens (tertiary/aromatic N) is 1. The van der Waals surface area contributed by atoms with Crippen molar-refractivity contribution in [3.63, 3.8) is 0 Å². The summed E-state index contributed by atoms with van der Waals surface area (Å²) < 4.78 is 28.4. The largest absolute Gasteiger partial charge is 0.300 e. The maximum atomic E-state index is 12.8. The van der Waals surface area contributed by atoms with Crippen molar-refractivity contribution >= 4 is 15.7 Å². The van der Waals surface area contributed by atoms with Gasteiger partial charge in [0.1, 0.15) is 0 Å². The Kier molecular flexibility index (Phi) is 7.01. The smallest absolute Gasteiger partial charge is 0.261 e. The molecule has 2 aromatic rings. The Morgan fingerprint density at radius 2 is 1.59 bits per heavy atom. The molecule has 1 atom stereocenters. The van der Waals surface area contributed by atoms with Gasteiger partial charge >= 0.3 is 0 Å². The lowest BCUT2D eigenvalue weighted by Crippen LogP contribution is -2.37. The second kappa shape index (κ2) is 9.31. The van der Waals surface area contributed by atoms with Gasteiger partial charge < -0.3 is 0 Å². The van der Waals surface area contributed by atoms with Crippen LogP contribution in [0.3, 0.4) is 0 Å². The first kappa shape index (κ1) is 21.8. The molecule has 0 saturated heterocycles. The number of anilines is 1. The summed E-state index contributed by atoms with van der Waals surface area (Å²) in [6.45, 7) is 10.9. The molecule has 0 fully saturated rings. The van der Waals surface area contributed by atoms with E-state index >= 15 is 0 Å². The van der Waals surface area contributed by atoms with Crippen molar-refractivity contribution in [2.45, 2.75) is 70.2 Å². The molecule has 0 spiro atoms. The Balaban J connectivity index is 1.73. The van der Waals surface area contributed by atoms with Crippen molar-refractivity contribution in [3.05, 3.63) is 59.2 Å². The van der Waals surface area contributed by atoms with Crippen LogP contribution in [0, 0.1) is 0 Å². The molecule has 1 N–H and O–H groups in total. The van der Waals surface area contributed by atoms with E-state index in [0.29, 0.717) is 22.5 Å². The topological polar surface area (TPSA) is 49.4 Å². The second-order valence-electron chi connectivity index (χ2n) is 8.41. The highest BCUT2D eigenvalue weighted by atomic mass is 32.2. The average Bonchev–Trinajstić information content (AvgIpc) is 3.11.